The van der Waals surface area contributed by atoms with Gasteiger partial charge in [0.25, 0.3) is 0 Å². The monoisotopic (exact) mass is 297 g/mol. The average molecular weight is 297 g/mol. The zero-order valence-electron chi connectivity index (χ0n) is 12.0. The zero-order valence-corrected chi connectivity index (χ0v) is 12.8. The summed E-state index contributed by atoms with van der Waals surface area (Å²) in [5, 5.41) is 4.97. The summed E-state index contributed by atoms with van der Waals surface area (Å²) in [6.07, 6.45) is 4.44. The Kier molecular flexibility index (Phi) is 6.50. The molecule has 0 aromatic carbocycles. The second-order valence-electron chi connectivity index (χ2n) is 5.13. The van der Waals surface area contributed by atoms with Crippen LogP contribution in [-0.2, 0) is 20.7 Å². The van der Waals surface area contributed by atoms with Crippen molar-refractivity contribution in [2.24, 2.45) is 0 Å². The Labute approximate surface area is 124 Å². The number of thiophene rings is 1. The van der Waals surface area contributed by atoms with Crippen LogP contribution in [0.25, 0.3) is 0 Å². The number of amides is 1. The Balaban J connectivity index is 1.53. The molecule has 4 nitrogen and oxygen atoms in total. The van der Waals surface area contributed by atoms with Crippen LogP contribution in [0.4, 0.5) is 0 Å². The molecule has 1 fully saturated rings. The van der Waals surface area contributed by atoms with E-state index in [-0.39, 0.29) is 18.6 Å². The van der Waals surface area contributed by atoms with Crippen molar-refractivity contribution in [1.29, 1.82) is 0 Å². The second kappa shape index (κ2) is 8.39. The molecule has 1 atom stereocenters. The minimum Gasteiger partial charge on any atom is -0.376 e. The molecule has 5 heteroatoms. The van der Waals surface area contributed by atoms with E-state index < -0.39 is 0 Å². The summed E-state index contributed by atoms with van der Waals surface area (Å²) in [6.45, 7) is 4.24. The van der Waals surface area contributed by atoms with Gasteiger partial charge in [0.05, 0.1) is 12.7 Å². The maximum atomic E-state index is 11.6. The van der Waals surface area contributed by atoms with Gasteiger partial charge in [0.15, 0.2) is 0 Å². The van der Waals surface area contributed by atoms with Crippen LogP contribution in [-0.4, -0.2) is 38.4 Å². The van der Waals surface area contributed by atoms with Crippen molar-refractivity contribution in [3.8, 4) is 0 Å². The third kappa shape index (κ3) is 5.23. The summed E-state index contributed by atoms with van der Waals surface area (Å²) in [7, 11) is 0. The third-order valence-electron chi connectivity index (χ3n) is 3.45. The molecule has 2 heterocycles. The molecule has 0 aliphatic carbocycles. The van der Waals surface area contributed by atoms with Crippen molar-refractivity contribution >= 4 is 17.2 Å². The molecule has 112 valence electrons. The highest BCUT2D eigenvalue weighted by molar-refractivity contribution is 7.10. The predicted octanol–water partition coefficient (Wildman–Crippen LogP) is 2.30. The molecule has 0 bridgehead atoms. The minimum absolute atomic E-state index is 0.0463. The fourth-order valence-corrected chi connectivity index (χ4v) is 3.16. The van der Waals surface area contributed by atoms with Crippen LogP contribution >= 0.6 is 11.3 Å². The average Bonchev–Trinajstić information content (AvgIpc) is 2.86. The molecule has 0 unspecified atom stereocenters. The predicted molar refractivity (Wildman–Crippen MR) is 80.2 cm³/mol. The van der Waals surface area contributed by atoms with Crippen molar-refractivity contribution in [1.82, 2.24) is 5.32 Å². The van der Waals surface area contributed by atoms with Gasteiger partial charge in [-0.2, -0.15) is 0 Å². The maximum Gasteiger partial charge on any atom is 0.246 e. The molecule has 1 N–H and O–H groups in total. The topological polar surface area (TPSA) is 47.6 Å². The van der Waals surface area contributed by atoms with Gasteiger partial charge in [-0.3, -0.25) is 4.79 Å². The van der Waals surface area contributed by atoms with E-state index in [0.717, 1.165) is 25.9 Å². The van der Waals surface area contributed by atoms with Gasteiger partial charge in [-0.25, -0.2) is 0 Å². The number of ether oxygens (including phenoxy) is 2. The summed E-state index contributed by atoms with van der Waals surface area (Å²) in [5.41, 5.74) is 1.30. The molecule has 1 aliphatic rings. The molecular formula is C15H23NO3S. The van der Waals surface area contributed by atoms with Gasteiger partial charge in [0, 0.05) is 18.0 Å². The first-order valence-electron chi connectivity index (χ1n) is 7.24. The fourth-order valence-electron chi connectivity index (χ4n) is 2.25. The summed E-state index contributed by atoms with van der Waals surface area (Å²) in [5.74, 6) is -0.0463. The smallest absolute Gasteiger partial charge is 0.246 e. The van der Waals surface area contributed by atoms with E-state index in [1.54, 1.807) is 11.3 Å². The van der Waals surface area contributed by atoms with Crippen molar-refractivity contribution in [2.75, 3.05) is 26.4 Å². The number of rotatable bonds is 7. The summed E-state index contributed by atoms with van der Waals surface area (Å²) in [4.78, 5) is 13.0. The highest BCUT2D eigenvalue weighted by Crippen LogP contribution is 2.15. The molecule has 1 amide bonds. The van der Waals surface area contributed by atoms with Gasteiger partial charge in [-0.05, 0) is 49.6 Å². The van der Waals surface area contributed by atoms with E-state index in [9.17, 15) is 4.79 Å². The summed E-state index contributed by atoms with van der Waals surface area (Å²) >= 11 is 1.74. The quantitative estimate of drug-likeness (QED) is 0.840. The molecule has 0 spiro atoms. The third-order valence-corrected chi connectivity index (χ3v) is 4.54. The van der Waals surface area contributed by atoms with Crippen LogP contribution in [0.2, 0.25) is 0 Å². The zero-order chi connectivity index (χ0) is 14.2. The van der Waals surface area contributed by atoms with E-state index in [0.29, 0.717) is 13.2 Å². The minimum atomic E-state index is -0.0463. The number of hydrogen-bond donors (Lipinski definition) is 1. The lowest BCUT2D eigenvalue weighted by Gasteiger charge is -2.22. The number of carbonyl (C=O) groups excluding carboxylic acids is 1. The molecule has 1 saturated heterocycles. The molecule has 20 heavy (non-hydrogen) atoms. The summed E-state index contributed by atoms with van der Waals surface area (Å²) in [6, 6.07) is 2.11. The first-order valence-corrected chi connectivity index (χ1v) is 8.12. The Morgan fingerprint density at radius 2 is 2.45 bits per heavy atom. The number of hydrogen-bond acceptors (Lipinski definition) is 4. The van der Waals surface area contributed by atoms with E-state index >= 15 is 0 Å². The number of nitrogens with one attached hydrogen (secondary N) is 1. The summed E-state index contributed by atoms with van der Waals surface area (Å²) < 4.78 is 11.0. The lowest BCUT2D eigenvalue weighted by atomic mass is 10.1. The van der Waals surface area contributed by atoms with E-state index in [4.69, 9.17) is 9.47 Å². The first kappa shape index (κ1) is 15.5. The number of aryl methyl sites for hydroxylation is 1. The Hall–Kier alpha value is -0.910. The SMILES string of the molecule is Cc1ccsc1CCNC(=O)COC[C@@H]1CCCCO1. The highest BCUT2D eigenvalue weighted by atomic mass is 32.1. The lowest BCUT2D eigenvalue weighted by molar-refractivity contribution is -0.127. The standard InChI is InChI=1S/C15H23NO3S/c1-12-6-9-20-14(12)5-7-16-15(17)11-18-10-13-4-2-3-8-19-13/h6,9,13H,2-5,7-8,10-11H2,1H3,(H,16,17)/t13-/m0/s1. The Bertz CT molecular complexity index is 413. The second-order valence-corrected chi connectivity index (χ2v) is 6.13. The molecule has 1 aromatic heterocycles. The molecule has 1 aliphatic heterocycles. The van der Waals surface area contributed by atoms with Gasteiger partial charge in [0.1, 0.15) is 6.61 Å². The molecule has 1 aromatic rings. The normalized spacial score (nSPS) is 18.9. The Morgan fingerprint density at radius 3 is 3.15 bits per heavy atom. The van der Waals surface area contributed by atoms with Gasteiger partial charge < -0.3 is 14.8 Å². The van der Waals surface area contributed by atoms with Gasteiger partial charge >= 0.3 is 0 Å². The molecular weight excluding hydrogens is 274 g/mol. The van der Waals surface area contributed by atoms with Crippen molar-refractivity contribution < 1.29 is 14.3 Å². The van der Waals surface area contributed by atoms with Crippen LogP contribution < -0.4 is 5.32 Å². The van der Waals surface area contributed by atoms with E-state index in [2.05, 4.69) is 23.7 Å². The maximum absolute atomic E-state index is 11.6. The van der Waals surface area contributed by atoms with Crippen LogP contribution in [0.15, 0.2) is 11.4 Å². The van der Waals surface area contributed by atoms with Crippen molar-refractivity contribution in [3.05, 3.63) is 21.9 Å². The fraction of sp³-hybridized carbons (Fsp3) is 0.667. The van der Waals surface area contributed by atoms with Crippen LogP contribution in [0.1, 0.15) is 29.7 Å². The van der Waals surface area contributed by atoms with Crippen molar-refractivity contribution in [2.45, 2.75) is 38.7 Å². The Morgan fingerprint density at radius 1 is 1.55 bits per heavy atom. The highest BCUT2D eigenvalue weighted by Gasteiger charge is 2.14. The molecule has 0 saturated carbocycles. The van der Waals surface area contributed by atoms with Crippen molar-refractivity contribution in [3.63, 3.8) is 0 Å². The van der Waals surface area contributed by atoms with Gasteiger partial charge in [-0.1, -0.05) is 0 Å². The van der Waals surface area contributed by atoms with Crippen LogP contribution in [0.5, 0.6) is 0 Å². The van der Waals surface area contributed by atoms with Crippen LogP contribution in [0, 0.1) is 6.92 Å². The van der Waals surface area contributed by atoms with Crippen LogP contribution in [0.3, 0.4) is 0 Å². The van der Waals surface area contributed by atoms with E-state index in [1.165, 1.54) is 16.9 Å². The van der Waals surface area contributed by atoms with Gasteiger partial charge in [0.2, 0.25) is 5.91 Å². The number of carbonyl (C=O) groups is 1. The molecule has 2 rings (SSSR count). The van der Waals surface area contributed by atoms with E-state index in [1.807, 2.05) is 0 Å². The molecule has 0 radical (unpaired) electrons. The van der Waals surface area contributed by atoms with Gasteiger partial charge in [-0.15, -0.1) is 11.3 Å². The first-order chi connectivity index (χ1) is 9.75. The largest absolute Gasteiger partial charge is 0.376 e. The lowest BCUT2D eigenvalue weighted by Crippen LogP contribution is -2.32.